The molecule has 76 valence electrons. The van der Waals surface area contributed by atoms with Crippen LogP contribution < -0.4 is 0 Å². The van der Waals surface area contributed by atoms with Crippen molar-refractivity contribution in [1.82, 2.24) is 0 Å². The molecule has 0 aromatic carbocycles. The smallest absolute Gasteiger partial charge is 0.335 e. The first-order valence-electron chi connectivity index (χ1n) is 4.28. The Hall–Kier alpha value is -0.900. The van der Waals surface area contributed by atoms with E-state index in [1.807, 2.05) is 0 Å². The summed E-state index contributed by atoms with van der Waals surface area (Å²) in [6, 6.07) is 0. The maximum absolute atomic E-state index is 11.2. The predicted molar refractivity (Wildman–Crippen MR) is 47.1 cm³/mol. The highest BCUT2D eigenvalue weighted by Crippen LogP contribution is 2.04. The third-order valence-corrected chi connectivity index (χ3v) is 1.60. The van der Waals surface area contributed by atoms with E-state index in [1.165, 1.54) is 13.8 Å². The Kier molecular flexibility index (Phi) is 4.62. The van der Waals surface area contributed by atoms with Crippen LogP contribution in [-0.2, 0) is 14.3 Å². The van der Waals surface area contributed by atoms with Crippen molar-refractivity contribution in [3.8, 4) is 0 Å². The van der Waals surface area contributed by atoms with Gasteiger partial charge in [0.25, 0.3) is 0 Å². The zero-order valence-electron chi connectivity index (χ0n) is 8.40. The van der Waals surface area contributed by atoms with Gasteiger partial charge in [-0.15, -0.1) is 0 Å². The highest BCUT2D eigenvalue weighted by Gasteiger charge is 2.22. The molecule has 0 amide bonds. The third kappa shape index (κ3) is 4.03. The second-order valence-corrected chi connectivity index (χ2v) is 3.31. The number of hydrogen-bond donors (Lipinski definition) is 1. The van der Waals surface area contributed by atoms with Gasteiger partial charge in [0.2, 0.25) is 0 Å². The number of aliphatic hydroxyl groups excluding tert-OH is 1. The van der Waals surface area contributed by atoms with E-state index in [-0.39, 0.29) is 11.7 Å². The molecule has 0 bridgehead atoms. The number of Topliss-reactive ketones (excluding diaryl/α,β-unsaturated/α-hetero) is 1. The second-order valence-electron chi connectivity index (χ2n) is 3.31. The lowest BCUT2D eigenvalue weighted by molar-refractivity contribution is -0.162. The van der Waals surface area contributed by atoms with Gasteiger partial charge in [0.05, 0.1) is 0 Å². The van der Waals surface area contributed by atoms with E-state index in [2.05, 4.69) is 0 Å². The summed E-state index contributed by atoms with van der Waals surface area (Å²) in [5, 5.41) is 8.80. The van der Waals surface area contributed by atoms with Gasteiger partial charge in [-0.2, -0.15) is 0 Å². The number of esters is 1. The van der Waals surface area contributed by atoms with E-state index in [1.54, 1.807) is 13.8 Å². The molecule has 0 radical (unpaired) electrons. The number of rotatable bonds is 4. The Morgan fingerprint density at radius 3 is 1.92 bits per heavy atom. The fourth-order valence-corrected chi connectivity index (χ4v) is 0.800. The quantitative estimate of drug-likeness (QED) is 0.653. The van der Waals surface area contributed by atoms with Crippen molar-refractivity contribution in [2.45, 2.75) is 39.9 Å². The Morgan fingerprint density at radius 2 is 1.62 bits per heavy atom. The van der Waals surface area contributed by atoms with Crippen LogP contribution in [0.15, 0.2) is 0 Å². The lowest BCUT2D eigenvalue weighted by Gasteiger charge is -2.14. The van der Waals surface area contributed by atoms with Crippen LogP contribution in [0.2, 0.25) is 0 Å². The van der Waals surface area contributed by atoms with Crippen molar-refractivity contribution in [1.29, 1.82) is 0 Å². The lowest BCUT2D eigenvalue weighted by Crippen LogP contribution is -2.31. The molecule has 0 saturated carbocycles. The molecule has 4 heteroatoms. The first-order valence-corrected chi connectivity index (χ1v) is 4.28. The molecule has 0 aliphatic carbocycles. The zero-order valence-corrected chi connectivity index (χ0v) is 8.40. The maximum Gasteiger partial charge on any atom is 0.335 e. The summed E-state index contributed by atoms with van der Waals surface area (Å²) in [5.41, 5.74) is 0. The molecule has 0 heterocycles. The van der Waals surface area contributed by atoms with Crippen molar-refractivity contribution in [3.63, 3.8) is 0 Å². The van der Waals surface area contributed by atoms with E-state index in [0.29, 0.717) is 0 Å². The van der Waals surface area contributed by atoms with Gasteiger partial charge in [-0.05, 0) is 13.8 Å². The molecular formula is C9H16O4. The molecule has 0 rings (SSSR count). The van der Waals surface area contributed by atoms with Crippen molar-refractivity contribution in [2.24, 2.45) is 5.92 Å². The minimum atomic E-state index is -1.18. The van der Waals surface area contributed by atoms with E-state index in [4.69, 9.17) is 9.84 Å². The van der Waals surface area contributed by atoms with E-state index >= 15 is 0 Å². The molecule has 0 saturated heterocycles. The molecule has 0 fully saturated rings. The minimum absolute atomic E-state index is 0.144. The molecule has 0 aromatic heterocycles. The van der Waals surface area contributed by atoms with Crippen LogP contribution in [0.4, 0.5) is 0 Å². The number of carbonyl (C=O) groups is 2. The first kappa shape index (κ1) is 12.1. The summed E-state index contributed by atoms with van der Waals surface area (Å²) >= 11 is 0. The first-order chi connectivity index (χ1) is 5.86. The number of hydrogen-bond acceptors (Lipinski definition) is 4. The van der Waals surface area contributed by atoms with Crippen LogP contribution in [-0.4, -0.2) is 29.1 Å². The molecule has 0 aliphatic rings. The average molecular weight is 188 g/mol. The fourth-order valence-electron chi connectivity index (χ4n) is 0.800. The Labute approximate surface area is 77.9 Å². The largest absolute Gasteiger partial charge is 0.453 e. The van der Waals surface area contributed by atoms with Crippen LogP contribution in [0, 0.1) is 5.92 Å². The fraction of sp³-hybridized carbons (Fsp3) is 0.778. The van der Waals surface area contributed by atoms with Gasteiger partial charge in [-0.3, -0.25) is 4.79 Å². The topological polar surface area (TPSA) is 63.6 Å². The molecule has 2 atom stereocenters. The van der Waals surface area contributed by atoms with Gasteiger partial charge in [-0.1, -0.05) is 13.8 Å². The molecular weight excluding hydrogens is 172 g/mol. The highest BCUT2D eigenvalue weighted by atomic mass is 16.6. The summed E-state index contributed by atoms with van der Waals surface area (Å²) < 4.78 is 4.70. The van der Waals surface area contributed by atoms with Gasteiger partial charge in [-0.25, -0.2) is 4.79 Å². The molecule has 1 N–H and O–H groups in total. The number of ketones is 1. The summed E-state index contributed by atoms with van der Waals surface area (Å²) in [6.07, 6.45) is -1.95. The van der Waals surface area contributed by atoms with Gasteiger partial charge in [0.1, 0.15) is 6.10 Å². The number of aliphatic hydroxyl groups is 1. The molecule has 4 nitrogen and oxygen atoms in total. The maximum atomic E-state index is 11.2. The summed E-state index contributed by atoms with van der Waals surface area (Å²) in [7, 11) is 0. The number of carbonyl (C=O) groups excluding carboxylic acids is 2. The van der Waals surface area contributed by atoms with Gasteiger partial charge in [0, 0.05) is 5.92 Å². The molecule has 0 aromatic rings. The zero-order chi connectivity index (χ0) is 10.6. The van der Waals surface area contributed by atoms with Gasteiger partial charge in [0.15, 0.2) is 11.9 Å². The van der Waals surface area contributed by atoms with Crippen molar-refractivity contribution < 1.29 is 19.4 Å². The third-order valence-electron chi connectivity index (χ3n) is 1.60. The highest BCUT2D eigenvalue weighted by molar-refractivity contribution is 5.87. The van der Waals surface area contributed by atoms with Gasteiger partial charge >= 0.3 is 5.97 Å². The van der Waals surface area contributed by atoms with Crippen LogP contribution in [0.3, 0.4) is 0 Å². The second kappa shape index (κ2) is 4.97. The van der Waals surface area contributed by atoms with Crippen LogP contribution in [0.25, 0.3) is 0 Å². The monoisotopic (exact) mass is 188 g/mol. The summed E-state index contributed by atoms with van der Waals surface area (Å²) in [5.74, 6) is -1.08. The average Bonchev–Trinajstić information content (AvgIpc) is 2.02. The molecule has 0 spiro atoms. The van der Waals surface area contributed by atoms with Gasteiger partial charge < -0.3 is 9.84 Å². The summed E-state index contributed by atoms with van der Waals surface area (Å²) in [4.78, 5) is 22.1. The normalized spacial score (nSPS) is 15.2. The van der Waals surface area contributed by atoms with Crippen LogP contribution in [0.1, 0.15) is 27.7 Å². The SMILES string of the molecule is CC(C)C(=O)[C@H](C)OC(=O)[C@H](C)O. The Morgan fingerprint density at radius 1 is 1.15 bits per heavy atom. The predicted octanol–water partition coefficient (Wildman–Crippen LogP) is 0.524. The van der Waals surface area contributed by atoms with E-state index < -0.39 is 18.2 Å². The minimum Gasteiger partial charge on any atom is -0.453 e. The van der Waals surface area contributed by atoms with Crippen molar-refractivity contribution in [2.75, 3.05) is 0 Å². The molecule has 0 aliphatic heterocycles. The van der Waals surface area contributed by atoms with Crippen molar-refractivity contribution >= 4 is 11.8 Å². The van der Waals surface area contributed by atoms with Crippen molar-refractivity contribution in [3.05, 3.63) is 0 Å². The van der Waals surface area contributed by atoms with E-state index in [9.17, 15) is 9.59 Å². The standard InChI is InChI=1S/C9H16O4/c1-5(2)8(11)7(4)13-9(12)6(3)10/h5-7,10H,1-4H3/t6-,7-/m0/s1. The Balaban J connectivity index is 4.08. The molecule has 0 unspecified atom stereocenters. The Bertz CT molecular complexity index is 196. The lowest BCUT2D eigenvalue weighted by atomic mass is 10.1. The van der Waals surface area contributed by atoms with Crippen LogP contribution >= 0.6 is 0 Å². The van der Waals surface area contributed by atoms with E-state index in [0.717, 1.165) is 0 Å². The van der Waals surface area contributed by atoms with Crippen LogP contribution in [0.5, 0.6) is 0 Å². The number of ether oxygens (including phenoxy) is 1. The molecule has 13 heavy (non-hydrogen) atoms. The summed E-state index contributed by atoms with van der Waals surface area (Å²) in [6.45, 7) is 6.27.